The molecule has 0 unspecified atom stereocenters. The Morgan fingerprint density at radius 2 is 1.88 bits per heavy atom. The van der Waals surface area contributed by atoms with Gasteiger partial charge in [-0.3, -0.25) is 0 Å². The van der Waals surface area contributed by atoms with Crippen LogP contribution in [0.2, 0.25) is 0 Å². The number of ether oxygens (including phenoxy) is 1. The highest BCUT2D eigenvalue weighted by Crippen LogP contribution is 2.15. The number of hydrogen-bond donors (Lipinski definition) is 2. The van der Waals surface area contributed by atoms with E-state index in [0.717, 1.165) is 11.4 Å². The highest BCUT2D eigenvalue weighted by atomic mass is 19.1. The average Bonchev–Trinajstić information content (AvgIpc) is 3.11. The minimum absolute atomic E-state index is 0.118. The van der Waals surface area contributed by atoms with Crippen LogP contribution in [-0.2, 0) is 6.54 Å². The summed E-state index contributed by atoms with van der Waals surface area (Å²) in [6, 6.07) is 12.3. The molecule has 2 aromatic carbocycles. The van der Waals surface area contributed by atoms with Crippen LogP contribution in [0.1, 0.15) is 12.7 Å². The first-order valence-corrected chi connectivity index (χ1v) is 7.96. The second-order valence-corrected chi connectivity index (χ2v) is 5.25. The van der Waals surface area contributed by atoms with Crippen LogP contribution in [0.15, 0.2) is 48.5 Å². The lowest BCUT2D eigenvalue weighted by Crippen LogP contribution is -2.29. The van der Waals surface area contributed by atoms with Crippen molar-refractivity contribution in [3.8, 4) is 11.4 Å². The van der Waals surface area contributed by atoms with Gasteiger partial charge in [-0.05, 0) is 65.9 Å². The first-order valence-electron chi connectivity index (χ1n) is 7.96. The molecule has 1 heterocycles. The molecule has 2 N–H and O–H groups in total. The van der Waals surface area contributed by atoms with Crippen molar-refractivity contribution in [3.05, 3.63) is 60.2 Å². The van der Waals surface area contributed by atoms with Crippen LogP contribution in [0.3, 0.4) is 0 Å². The normalized spacial score (nSPS) is 10.4. The lowest BCUT2D eigenvalue weighted by atomic mass is 10.3. The minimum atomic E-state index is -0.446. The van der Waals surface area contributed by atoms with E-state index in [9.17, 15) is 9.18 Å². The van der Waals surface area contributed by atoms with E-state index in [1.807, 2.05) is 31.2 Å². The molecule has 2 amide bonds. The van der Waals surface area contributed by atoms with Gasteiger partial charge in [-0.1, -0.05) is 0 Å². The number of halogens is 1. The predicted octanol–water partition coefficient (Wildman–Crippen LogP) is 2.52. The van der Waals surface area contributed by atoms with Gasteiger partial charge in [0.1, 0.15) is 11.6 Å². The Balaban J connectivity index is 1.61. The third-order valence-electron chi connectivity index (χ3n) is 3.44. The van der Waals surface area contributed by atoms with E-state index in [0.29, 0.717) is 18.1 Å². The number of nitrogens with zero attached hydrogens (tertiary/aromatic N) is 4. The van der Waals surface area contributed by atoms with Crippen LogP contribution in [0.4, 0.5) is 14.9 Å². The summed E-state index contributed by atoms with van der Waals surface area (Å²) in [7, 11) is 0. The number of urea groups is 1. The quantitative estimate of drug-likeness (QED) is 0.708. The van der Waals surface area contributed by atoms with Crippen molar-refractivity contribution in [2.24, 2.45) is 0 Å². The maximum atomic E-state index is 12.9. The number of aromatic nitrogens is 4. The van der Waals surface area contributed by atoms with Crippen LogP contribution in [0.5, 0.6) is 5.75 Å². The SMILES string of the molecule is CCOc1ccc(-n2nnnc2CNC(=O)Nc2ccc(F)cc2)cc1. The van der Waals surface area contributed by atoms with Crippen molar-refractivity contribution in [3.63, 3.8) is 0 Å². The minimum Gasteiger partial charge on any atom is -0.494 e. The van der Waals surface area contributed by atoms with Crippen molar-refractivity contribution in [1.82, 2.24) is 25.5 Å². The van der Waals surface area contributed by atoms with Gasteiger partial charge in [0.05, 0.1) is 18.8 Å². The molecular weight excluding hydrogens is 339 g/mol. The molecule has 9 heteroatoms. The Bertz CT molecular complexity index is 864. The number of carbonyl (C=O) groups excluding carboxylic acids is 1. The Morgan fingerprint density at radius 1 is 1.15 bits per heavy atom. The molecule has 0 fully saturated rings. The van der Waals surface area contributed by atoms with Crippen LogP contribution in [-0.4, -0.2) is 32.8 Å². The van der Waals surface area contributed by atoms with Gasteiger partial charge in [0.15, 0.2) is 5.82 Å². The van der Waals surface area contributed by atoms with Crippen molar-refractivity contribution >= 4 is 11.7 Å². The number of nitrogens with one attached hydrogen (secondary N) is 2. The molecular formula is C17H17FN6O2. The zero-order valence-electron chi connectivity index (χ0n) is 14.0. The van der Waals surface area contributed by atoms with E-state index in [-0.39, 0.29) is 12.4 Å². The third kappa shape index (κ3) is 4.32. The number of rotatable bonds is 6. The summed E-state index contributed by atoms with van der Waals surface area (Å²) in [4.78, 5) is 11.9. The summed E-state index contributed by atoms with van der Waals surface area (Å²) < 4.78 is 19.8. The molecule has 0 spiro atoms. The molecule has 26 heavy (non-hydrogen) atoms. The zero-order chi connectivity index (χ0) is 18.4. The Kier molecular flexibility index (Phi) is 5.37. The predicted molar refractivity (Wildman–Crippen MR) is 92.6 cm³/mol. The number of carbonyl (C=O) groups is 1. The third-order valence-corrected chi connectivity index (χ3v) is 3.44. The molecule has 0 aliphatic heterocycles. The molecule has 1 aromatic heterocycles. The zero-order valence-corrected chi connectivity index (χ0v) is 14.0. The fourth-order valence-corrected chi connectivity index (χ4v) is 2.23. The van der Waals surface area contributed by atoms with E-state index in [4.69, 9.17) is 4.74 Å². The van der Waals surface area contributed by atoms with E-state index in [1.54, 1.807) is 0 Å². The first kappa shape index (κ1) is 17.3. The van der Waals surface area contributed by atoms with Crippen molar-refractivity contribution < 1.29 is 13.9 Å². The largest absolute Gasteiger partial charge is 0.494 e. The van der Waals surface area contributed by atoms with Gasteiger partial charge >= 0.3 is 6.03 Å². The standard InChI is InChI=1S/C17H17FN6O2/c1-2-26-15-9-7-14(8-10-15)24-16(21-22-23-24)11-19-17(25)20-13-5-3-12(18)4-6-13/h3-10H,2,11H2,1H3,(H2,19,20,25). The molecule has 3 aromatic rings. The summed E-state index contributed by atoms with van der Waals surface area (Å²) in [5, 5.41) is 16.8. The molecule has 3 rings (SSSR count). The summed E-state index contributed by atoms with van der Waals surface area (Å²) in [6.45, 7) is 2.62. The number of hydrogen-bond acceptors (Lipinski definition) is 5. The number of anilines is 1. The fraction of sp³-hybridized carbons (Fsp3) is 0.176. The van der Waals surface area contributed by atoms with Gasteiger partial charge < -0.3 is 15.4 Å². The molecule has 0 saturated carbocycles. The molecule has 0 saturated heterocycles. The molecule has 0 aliphatic rings. The topological polar surface area (TPSA) is 94.0 Å². The van der Waals surface area contributed by atoms with Gasteiger partial charge in [-0.2, -0.15) is 4.68 Å². The first-order chi connectivity index (χ1) is 12.7. The summed E-state index contributed by atoms with van der Waals surface area (Å²) >= 11 is 0. The molecule has 134 valence electrons. The number of benzene rings is 2. The molecule has 0 bridgehead atoms. The van der Waals surface area contributed by atoms with Crippen molar-refractivity contribution in [2.45, 2.75) is 13.5 Å². The van der Waals surface area contributed by atoms with E-state index in [2.05, 4.69) is 26.2 Å². The summed E-state index contributed by atoms with van der Waals surface area (Å²) in [6.07, 6.45) is 0. The maximum absolute atomic E-state index is 12.9. The lowest BCUT2D eigenvalue weighted by Gasteiger charge is -2.09. The van der Waals surface area contributed by atoms with Crippen LogP contribution >= 0.6 is 0 Å². The van der Waals surface area contributed by atoms with E-state index in [1.165, 1.54) is 28.9 Å². The lowest BCUT2D eigenvalue weighted by molar-refractivity contribution is 0.251. The van der Waals surface area contributed by atoms with Crippen LogP contribution in [0, 0.1) is 5.82 Å². The maximum Gasteiger partial charge on any atom is 0.319 e. The smallest absolute Gasteiger partial charge is 0.319 e. The van der Waals surface area contributed by atoms with Gasteiger partial charge in [-0.25, -0.2) is 9.18 Å². The van der Waals surface area contributed by atoms with Gasteiger partial charge in [-0.15, -0.1) is 5.10 Å². The Hall–Kier alpha value is -3.49. The van der Waals surface area contributed by atoms with Crippen LogP contribution < -0.4 is 15.4 Å². The fourth-order valence-electron chi connectivity index (χ4n) is 2.23. The highest BCUT2D eigenvalue weighted by Gasteiger charge is 2.10. The van der Waals surface area contributed by atoms with Crippen molar-refractivity contribution in [2.75, 3.05) is 11.9 Å². The average molecular weight is 356 g/mol. The van der Waals surface area contributed by atoms with Crippen molar-refractivity contribution in [1.29, 1.82) is 0 Å². The van der Waals surface area contributed by atoms with Gasteiger partial charge in [0.25, 0.3) is 0 Å². The summed E-state index contributed by atoms with van der Waals surface area (Å²) in [5.41, 5.74) is 1.23. The van der Waals surface area contributed by atoms with Gasteiger partial charge in [0, 0.05) is 5.69 Å². The second-order valence-electron chi connectivity index (χ2n) is 5.25. The number of amides is 2. The Labute approximate surface area is 149 Å². The van der Waals surface area contributed by atoms with Crippen LogP contribution in [0.25, 0.3) is 5.69 Å². The second kappa shape index (κ2) is 8.06. The monoisotopic (exact) mass is 356 g/mol. The molecule has 0 aliphatic carbocycles. The Morgan fingerprint density at radius 3 is 2.58 bits per heavy atom. The molecule has 0 radical (unpaired) electrons. The van der Waals surface area contributed by atoms with E-state index < -0.39 is 6.03 Å². The molecule has 8 nitrogen and oxygen atoms in total. The summed E-state index contributed by atoms with van der Waals surface area (Å²) in [5.74, 6) is 0.844. The highest BCUT2D eigenvalue weighted by molar-refractivity contribution is 5.89. The van der Waals surface area contributed by atoms with E-state index >= 15 is 0 Å². The number of tetrazole rings is 1. The molecule has 0 atom stereocenters. The van der Waals surface area contributed by atoms with Gasteiger partial charge in [0.2, 0.25) is 0 Å².